The Bertz CT molecular complexity index is 269. The smallest absolute Gasteiger partial charge is 0.302 e. The maximum atomic E-state index is 10.7. The van der Waals surface area contributed by atoms with Crippen molar-refractivity contribution in [1.29, 1.82) is 0 Å². The van der Waals surface area contributed by atoms with Crippen molar-refractivity contribution in [3.8, 4) is 0 Å². The third-order valence-electron chi connectivity index (χ3n) is 1.40. The number of rotatable bonds is 6. The van der Waals surface area contributed by atoms with Gasteiger partial charge in [-0.15, -0.1) is 0 Å². The van der Waals surface area contributed by atoms with E-state index in [1.54, 1.807) is 6.92 Å². The molecule has 0 heterocycles. The minimum absolute atomic E-state index is 0.298. The summed E-state index contributed by atoms with van der Waals surface area (Å²) >= 11 is 0. The predicted molar refractivity (Wildman–Crippen MR) is 51.3 cm³/mol. The molecule has 0 fully saturated rings. The Morgan fingerprint density at radius 3 is 2.43 bits per heavy atom. The molecule has 0 aromatic heterocycles. The Morgan fingerprint density at radius 2 is 2.00 bits per heavy atom. The van der Waals surface area contributed by atoms with E-state index in [2.05, 4.69) is 8.92 Å². The minimum atomic E-state index is -3.38. The highest BCUT2D eigenvalue weighted by atomic mass is 32.2. The van der Waals surface area contributed by atoms with Crippen LogP contribution in [0.2, 0.25) is 0 Å². The lowest BCUT2D eigenvalue weighted by Gasteiger charge is -2.10. The molecule has 1 atom stereocenters. The van der Waals surface area contributed by atoms with Crippen molar-refractivity contribution in [2.24, 2.45) is 0 Å². The highest BCUT2D eigenvalue weighted by Crippen LogP contribution is 2.04. The molecule has 0 rings (SSSR count). The van der Waals surface area contributed by atoms with Crippen LogP contribution in [0.15, 0.2) is 0 Å². The van der Waals surface area contributed by atoms with Crippen molar-refractivity contribution in [3.05, 3.63) is 0 Å². The van der Waals surface area contributed by atoms with E-state index < -0.39 is 10.1 Å². The van der Waals surface area contributed by atoms with Gasteiger partial charge in [0.05, 0.1) is 19.0 Å². The molecule has 14 heavy (non-hydrogen) atoms. The SMILES string of the molecule is CC(=O)OCCCC(C)OS(C)(=O)=O. The first-order chi connectivity index (χ1) is 6.31. The average molecular weight is 224 g/mol. The van der Waals surface area contributed by atoms with Crippen LogP contribution in [0.25, 0.3) is 0 Å². The summed E-state index contributed by atoms with van der Waals surface area (Å²) in [5.74, 6) is -0.332. The summed E-state index contributed by atoms with van der Waals surface area (Å²) < 4.78 is 30.7. The Balaban J connectivity index is 3.55. The first kappa shape index (κ1) is 13.4. The van der Waals surface area contributed by atoms with Crippen LogP contribution in [0.4, 0.5) is 0 Å². The molecule has 0 N–H and O–H groups in total. The van der Waals surface area contributed by atoms with Crippen LogP contribution in [-0.2, 0) is 23.8 Å². The fourth-order valence-electron chi connectivity index (χ4n) is 0.933. The second kappa shape index (κ2) is 5.98. The second-order valence-electron chi connectivity index (χ2n) is 3.09. The van der Waals surface area contributed by atoms with Gasteiger partial charge < -0.3 is 4.74 Å². The van der Waals surface area contributed by atoms with Gasteiger partial charge in [0, 0.05) is 6.92 Å². The third-order valence-corrected chi connectivity index (χ3v) is 2.08. The van der Waals surface area contributed by atoms with E-state index in [9.17, 15) is 13.2 Å². The normalized spacial score (nSPS) is 13.6. The highest BCUT2D eigenvalue weighted by Gasteiger charge is 2.09. The lowest BCUT2D eigenvalue weighted by atomic mass is 10.2. The van der Waals surface area contributed by atoms with Crippen LogP contribution in [0.3, 0.4) is 0 Å². The highest BCUT2D eigenvalue weighted by molar-refractivity contribution is 7.86. The molecule has 1 unspecified atom stereocenters. The van der Waals surface area contributed by atoms with E-state index in [1.165, 1.54) is 6.92 Å². The van der Waals surface area contributed by atoms with E-state index in [0.717, 1.165) is 6.26 Å². The predicted octanol–water partition coefficient (Wildman–Crippen LogP) is 0.694. The Kier molecular flexibility index (Phi) is 5.71. The first-order valence-corrected chi connectivity index (χ1v) is 6.14. The van der Waals surface area contributed by atoms with Gasteiger partial charge in [-0.1, -0.05) is 0 Å². The molecule has 0 aliphatic heterocycles. The van der Waals surface area contributed by atoms with Gasteiger partial charge in [0.25, 0.3) is 10.1 Å². The average Bonchev–Trinajstić information content (AvgIpc) is 1.94. The lowest BCUT2D eigenvalue weighted by molar-refractivity contribution is -0.141. The van der Waals surface area contributed by atoms with Crippen molar-refractivity contribution >= 4 is 16.1 Å². The summed E-state index contributed by atoms with van der Waals surface area (Å²) in [4.78, 5) is 10.4. The molecule has 0 aromatic carbocycles. The van der Waals surface area contributed by atoms with Gasteiger partial charge in [-0.05, 0) is 19.8 Å². The zero-order valence-electron chi connectivity index (χ0n) is 8.65. The van der Waals surface area contributed by atoms with E-state index in [-0.39, 0.29) is 12.1 Å². The van der Waals surface area contributed by atoms with Crippen LogP contribution in [0.1, 0.15) is 26.7 Å². The van der Waals surface area contributed by atoms with Gasteiger partial charge in [-0.2, -0.15) is 8.42 Å². The number of hydrogen-bond acceptors (Lipinski definition) is 5. The van der Waals surface area contributed by atoms with Crippen molar-refractivity contribution < 1.29 is 22.1 Å². The van der Waals surface area contributed by atoms with Gasteiger partial charge in [0.2, 0.25) is 0 Å². The molecule has 0 aliphatic rings. The standard InChI is InChI=1S/C8H16O5S/c1-7(13-14(3,10)11)5-4-6-12-8(2)9/h7H,4-6H2,1-3H3. The molecule has 0 bridgehead atoms. The monoisotopic (exact) mass is 224 g/mol. The van der Waals surface area contributed by atoms with Crippen LogP contribution in [-0.4, -0.2) is 33.4 Å². The molecule has 5 nitrogen and oxygen atoms in total. The van der Waals surface area contributed by atoms with Gasteiger partial charge in [0.1, 0.15) is 0 Å². The molecule has 0 saturated carbocycles. The molecule has 0 spiro atoms. The summed E-state index contributed by atoms with van der Waals surface area (Å²) in [6.45, 7) is 3.29. The maximum absolute atomic E-state index is 10.7. The summed E-state index contributed by atoms with van der Waals surface area (Å²) in [7, 11) is -3.38. The van der Waals surface area contributed by atoms with Crippen LogP contribution in [0.5, 0.6) is 0 Å². The Labute approximate surface area is 84.5 Å². The van der Waals surface area contributed by atoms with E-state index >= 15 is 0 Å². The number of ether oxygens (including phenoxy) is 1. The van der Waals surface area contributed by atoms with E-state index in [4.69, 9.17) is 0 Å². The van der Waals surface area contributed by atoms with Crippen LogP contribution < -0.4 is 0 Å². The molecular weight excluding hydrogens is 208 g/mol. The molecule has 6 heteroatoms. The van der Waals surface area contributed by atoms with Crippen molar-refractivity contribution in [1.82, 2.24) is 0 Å². The number of carbonyl (C=O) groups excluding carboxylic acids is 1. The molecule has 0 aliphatic carbocycles. The van der Waals surface area contributed by atoms with Gasteiger partial charge in [-0.25, -0.2) is 0 Å². The maximum Gasteiger partial charge on any atom is 0.302 e. The molecule has 0 aromatic rings. The zero-order valence-corrected chi connectivity index (χ0v) is 9.46. The summed E-state index contributed by atoms with van der Waals surface area (Å²) in [5, 5.41) is 0. The van der Waals surface area contributed by atoms with E-state index in [0.29, 0.717) is 19.4 Å². The largest absolute Gasteiger partial charge is 0.466 e. The van der Waals surface area contributed by atoms with Gasteiger partial charge in [-0.3, -0.25) is 8.98 Å². The Hall–Kier alpha value is -0.620. The summed E-state index contributed by atoms with van der Waals surface area (Å²) in [6.07, 6.45) is 1.77. The fourth-order valence-corrected chi connectivity index (χ4v) is 1.63. The topological polar surface area (TPSA) is 69.7 Å². The number of carbonyl (C=O) groups is 1. The van der Waals surface area contributed by atoms with Crippen molar-refractivity contribution in [3.63, 3.8) is 0 Å². The van der Waals surface area contributed by atoms with Crippen molar-refractivity contribution in [2.75, 3.05) is 12.9 Å². The zero-order chi connectivity index (χ0) is 11.2. The summed E-state index contributed by atoms with van der Waals surface area (Å²) in [6, 6.07) is 0. The van der Waals surface area contributed by atoms with Crippen LogP contribution >= 0.6 is 0 Å². The van der Waals surface area contributed by atoms with Gasteiger partial charge >= 0.3 is 5.97 Å². The van der Waals surface area contributed by atoms with Crippen molar-refractivity contribution in [2.45, 2.75) is 32.8 Å². The quantitative estimate of drug-likeness (QED) is 0.377. The third kappa shape index (κ3) is 9.47. The second-order valence-corrected chi connectivity index (χ2v) is 4.69. The molecule has 84 valence electrons. The van der Waals surface area contributed by atoms with E-state index in [1.807, 2.05) is 0 Å². The minimum Gasteiger partial charge on any atom is -0.466 e. The summed E-state index contributed by atoms with van der Waals surface area (Å²) in [5.41, 5.74) is 0. The fraction of sp³-hybridized carbons (Fsp3) is 0.875. The van der Waals surface area contributed by atoms with Gasteiger partial charge in [0.15, 0.2) is 0 Å². The molecule has 0 amide bonds. The Morgan fingerprint density at radius 1 is 1.43 bits per heavy atom. The number of hydrogen-bond donors (Lipinski definition) is 0. The number of esters is 1. The molecule has 0 saturated heterocycles. The van der Waals surface area contributed by atoms with Crippen LogP contribution in [0, 0.1) is 0 Å². The molecular formula is C8H16O5S. The molecule has 0 radical (unpaired) electrons. The first-order valence-electron chi connectivity index (χ1n) is 4.33. The lowest BCUT2D eigenvalue weighted by Crippen LogP contribution is -2.14.